The lowest BCUT2D eigenvalue weighted by atomic mass is 10.0. The lowest BCUT2D eigenvalue weighted by molar-refractivity contribution is -0.116. The van der Waals surface area contributed by atoms with Crippen LogP contribution in [0.5, 0.6) is 0 Å². The number of unbranched alkanes of at least 4 members (excludes halogenated alkanes) is 1. The summed E-state index contributed by atoms with van der Waals surface area (Å²) in [5, 5.41) is 16.1. The van der Waals surface area contributed by atoms with E-state index in [2.05, 4.69) is 43.3 Å². The number of H-pyrrole nitrogens is 1. The molecule has 3 atom stereocenters. The van der Waals surface area contributed by atoms with Gasteiger partial charge in [-0.25, -0.2) is 4.79 Å². The van der Waals surface area contributed by atoms with E-state index in [0.29, 0.717) is 17.6 Å². The molecule has 0 bridgehead atoms. The Hall–Kier alpha value is -2.55. The first kappa shape index (κ1) is 19.8. The minimum absolute atomic E-state index is 0.0562. The predicted molar refractivity (Wildman–Crippen MR) is 113 cm³/mol. The van der Waals surface area contributed by atoms with Gasteiger partial charge < -0.3 is 10.6 Å². The second-order valence-corrected chi connectivity index (χ2v) is 8.78. The number of nitrogens with one attached hydrogen (secondary N) is 4. The molecule has 154 valence electrons. The number of urea groups is 1. The van der Waals surface area contributed by atoms with Crippen LogP contribution in [0.1, 0.15) is 37.1 Å². The van der Waals surface area contributed by atoms with Crippen LogP contribution in [0.2, 0.25) is 0 Å². The average Bonchev–Trinajstić information content (AvgIpc) is 3.41. The maximum absolute atomic E-state index is 12.1. The van der Waals surface area contributed by atoms with Gasteiger partial charge in [0.15, 0.2) is 0 Å². The first-order valence-corrected chi connectivity index (χ1v) is 11.2. The van der Waals surface area contributed by atoms with Gasteiger partial charge in [-0.3, -0.25) is 15.2 Å². The Bertz CT molecular complexity index is 843. The van der Waals surface area contributed by atoms with Gasteiger partial charge in [0, 0.05) is 23.8 Å². The topological polar surface area (TPSA) is 112 Å². The van der Waals surface area contributed by atoms with Crippen LogP contribution >= 0.6 is 11.8 Å². The molecule has 2 saturated heterocycles. The molecule has 2 aliphatic rings. The third-order valence-electron chi connectivity index (χ3n) is 5.36. The molecule has 3 heterocycles. The summed E-state index contributed by atoms with van der Waals surface area (Å²) in [6, 6.07) is 10.6. The number of amides is 3. The number of hydrogen-bond acceptors (Lipinski definition) is 5. The van der Waals surface area contributed by atoms with Crippen molar-refractivity contribution in [2.24, 2.45) is 0 Å². The maximum atomic E-state index is 12.1. The number of aromatic amines is 1. The Morgan fingerprint density at radius 3 is 2.90 bits per heavy atom. The van der Waals surface area contributed by atoms with E-state index in [0.717, 1.165) is 43.7 Å². The number of benzene rings is 1. The van der Waals surface area contributed by atoms with Gasteiger partial charge >= 0.3 is 6.03 Å². The Labute approximate surface area is 174 Å². The normalized spacial score (nSPS) is 22.8. The highest BCUT2D eigenvalue weighted by molar-refractivity contribution is 8.00. The number of carbonyl (C=O) groups excluding carboxylic acids is 2. The van der Waals surface area contributed by atoms with Crippen LogP contribution in [0.4, 0.5) is 10.7 Å². The number of fused-ring (bicyclic) bond motifs is 1. The van der Waals surface area contributed by atoms with Gasteiger partial charge in [-0.2, -0.15) is 16.7 Å². The Morgan fingerprint density at radius 2 is 2.03 bits per heavy atom. The van der Waals surface area contributed by atoms with Gasteiger partial charge in [0.1, 0.15) is 5.82 Å². The van der Waals surface area contributed by atoms with Crippen molar-refractivity contribution in [1.82, 2.24) is 25.8 Å². The van der Waals surface area contributed by atoms with Gasteiger partial charge in [-0.1, -0.05) is 36.8 Å². The average molecular weight is 415 g/mol. The minimum Gasteiger partial charge on any atom is -0.332 e. The van der Waals surface area contributed by atoms with E-state index in [1.54, 1.807) is 0 Å². The lowest BCUT2D eigenvalue weighted by Crippen LogP contribution is -2.36. The molecule has 0 saturated carbocycles. The zero-order valence-corrected chi connectivity index (χ0v) is 17.0. The van der Waals surface area contributed by atoms with Gasteiger partial charge in [-0.05, 0) is 24.8 Å². The van der Waals surface area contributed by atoms with Crippen molar-refractivity contribution in [2.75, 3.05) is 11.1 Å². The van der Waals surface area contributed by atoms with Gasteiger partial charge in [0.2, 0.25) is 11.9 Å². The Balaban J connectivity index is 1.13. The quantitative estimate of drug-likeness (QED) is 0.371. The van der Waals surface area contributed by atoms with Gasteiger partial charge in [0.25, 0.3) is 0 Å². The van der Waals surface area contributed by atoms with Crippen molar-refractivity contribution in [2.45, 2.75) is 55.9 Å². The molecule has 4 N–H and O–H groups in total. The van der Waals surface area contributed by atoms with E-state index >= 15 is 0 Å². The van der Waals surface area contributed by atoms with E-state index in [4.69, 9.17) is 0 Å². The Kier molecular flexibility index (Phi) is 6.33. The molecule has 1 aromatic carbocycles. The molecule has 2 aromatic rings. The minimum atomic E-state index is -0.0635. The van der Waals surface area contributed by atoms with Crippen molar-refractivity contribution < 1.29 is 9.59 Å². The van der Waals surface area contributed by atoms with Crippen molar-refractivity contribution in [3.05, 3.63) is 41.7 Å². The fourth-order valence-corrected chi connectivity index (χ4v) is 5.38. The summed E-state index contributed by atoms with van der Waals surface area (Å²) < 4.78 is 0. The third-order valence-corrected chi connectivity index (χ3v) is 6.87. The van der Waals surface area contributed by atoms with Crippen LogP contribution < -0.4 is 16.0 Å². The second kappa shape index (κ2) is 9.30. The standard InChI is InChI=1S/C20H26N6O2S/c27-17(9-5-4-8-15-18-14(12-29-15)21-20(28)24-18)23-19-22-16(25-26-19)11-10-13-6-2-1-3-7-13/h1-3,6-7,14-15,18H,4-5,8-12H2,(H2,21,24,28)(H2,22,23,25,26,27). The molecule has 3 amide bonds. The van der Waals surface area contributed by atoms with Crippen molar-refractivity contribution >= 4 is 29.6 Å². The number of anilines is 1. The van der Waals surface area contributed by atoms with Crippen LogP contribution in [0.15, 0.2) is 30.3 Å². The number of hydrogen-bond donors (Lipinski definition) is 4. The zero-order valence-electron chi connectivity index (χ0n) is 16.2. The van der Waals surface area contributed by atoms with E-state index < -0.39 is 0 Å². The van der Waals surface area contributed by atoms with E-state index in [1.165, 1.54) is 5.56 Å². The molecule has 4 rings (SSSR count). The summed E-state index contributed by atoms with van der Waals surface area (Å²) in [4.78, 5) is 27.9. The summed E-state index contributed by atoms with van der Waals surface area (Å²) in [6.45, 7) is 0. The van der Waals surface area contributed by atoms with Crippen molar-refractivity contribution in [1.29, 1.82) is 0 Å². The van der Waals surface area contributed by atoms with Gasteiger partial charge in [-0.15, -0.1) is 5.10 Å². The summed E-state index contributed by atoms with van der Waals surface area (Å²) in [7, 11) is 0. The number of carbonyl (C=O) groups is 2. The van der Waals surface area contributed by atoms with E-state index in [1.807, 2.05) is 30.0 Å². The predicted octanol–water partition coefficient (Wildman–Crippen LogP) is 2.25. The van der Waals surface area contributed by atoms with Crippen LogP contribution in [0.25, 0.3) is 0 Å². The number of thioether (sulfide) groups is 1. The summed E-state index contributed by atoms with van der Waals surface area (Å²) in [5.41, 5.74) is 1.24. The molecule has 2 fully saturated rings. The van der Waals surface area contributed by atoms with E-state index in [9.17, 15) is 9.59 Å². The first-order chi connectivity index (χ1) is 14.2. The fraction of sp³-hybridized carbons (Fsp3) is 0.500. The lowest BCUT2D eigenvalue weighted by Gasteiger charge is -2.16. The monoisotopic (exact) mass is 414 g/mol. The molecular weight excluding hydrogens is 388 g/mol. The summed E-state index contributed by atoms with van der Waals surface area (Å²) in [5.74, 6) is 2.01. The number of nitrogens with zero attached hydrogens (tertiary/aromatic N) is 2. The first-order valence-electron chi connectivity index (χ1n) is 10.1. The summed E-state index contributed by atoms with van der Waals surface area (Å²) in [6.07, 6.45) is 4.85. The van der Waals surface area contributed by atoms with Crippen LogP contribution in [0, 0.1) is 0 Å². The molecule has 9 heteroatoms. The smallest absolute Gasteiger partial charge is 0.315 e. The maximum Gasteiger partial charge on any atom is 0.315 e. The zero-order chi connectivity index (χ0) is 20.1. The molecule has 29 heavy (non-hydrogen) atoms. The van der Waals surface area contributed by atoms with E-state index in [-0.39, 0.29) is 24.0 Å². The van der Waals surface area contributed by atoms with Crippen LogP contribution in [0.3, 0.4) is 0 Å². The number of aryl methyl sites for hydroxylation is 2. The Morgan fingerprint density at radius 1 is 1.17 bits per heavy atom. The SMILES string of the molecule is O=C(CCCCC1SCC2NC(=O)NC21)Nc1n[nH]c(CCc2ccccc2)n1. The fourth-order valence-electron chi connectivity index (χ4n) is 3.83. The van der Waals surface area contributed by atoms with Crippen LogP contribution in [-0.2, 0) is 17.6 Å². The highest BCUT2D eigenvalue weighted by atomic mass is 32.2. The largest absolute Gasteiger partial charge is 0.332 e. The third kappa shape index (κ3) is 5.29. The van der Waals surface area contributed by atoms with Crippen LogP contribution in [-0.4, -0.2) is 50.2 Å². The highest BCUT2D eigenvalue weighted by Crippen LogP contribution is 2.33. The van der Waals surface area contributed by atoms with Crippen molar-refractivity contribution in [3.8, 4) is 0 Å². The molecular formula is C20H26N6O2S. The summed E-state index contributed by atoms with van der Waals surface area (Å²) >= 11 is 1.90. The molecule has 0 radical (unpaired) electrons. The molecule has 0 spiro atoms. The van der Waals surface area contributed by atoms with Gasteiger partial charge in [0.05, 0.1) is 12.1 Å². The van der Waals surface area contributed by atoms with Crippen molar-refractivity contribution in [3.63, 3.8) is 0 Å². The highest BCUT2D eigenvalue weighted by Gasteiger charge is 2.42. The molecule has 8 nitrogen and oxygen atoms in total. The molecule has 2 aliphatic heterocycles. The second-order valence-electron chi connectivity index (χ2n) is 7.51. The number of aromatic nitrogens is 3. The molecule has 0 aliphatic carbocycles. The number of rotatable bonds is 9. The molecule has 1 aromatic heterocycles. The molecule has 3 unspecified atom stereocenters.